The molecule has 2 heterocycles. The third kappa shape index (κ3) is 3.25. The lowest BCUT2D eigenvalue weighted by molar-refractivity contribution is -0.390. The van der Waals surface area contributed by atoms with Crippen molar-refractivity contribution in [1.29, 1.82) is 0 Å². The van der Waals surface area contributed by atoms with Crippen LogP contribution in [0.1, 0.15) is 10.4 Å². The Morgan fingerprint density at radius 2 is 2.08 bits per heavy atom. The third-order valence-electron chi connectivity index (χ3n) is 3.15. The van der Waals surface area contributed by atoms with Gasteiger partial charge in [0.15, 0.2) is 0 Å². The Balaban J connectivity index is 1.72. The van der Waals surface area contributed by atoms with Gasteiger partial charge in [-0.3, -0.25) is 9.36 Å². The van der Waals surface area contributed by atoms with Crippen LogP contribution >= 0.6 is 11.3 Å². The van der Waals surface area contributed by atoms with Gasteiger partial charge < -0.3 is 20.2 Å². The van der Waals surface area contributed by atoms with Gasteiger partial charge in [-0.25, -0.2) is 0 Å². The van der Waals surface area contributed by atoms with Crippen molar-refractivity contribution in [2.45, 2.75) is 0 Å². The van der Waals surface area contributed by atoms with E-state index in [0.29, 0.717) is 17.0 Å². The molecule has 1 N–H and O–H groups in total. The number of carbonyl (C=O) groups excluding carboxylic acids is 1. The summed E-state index contributed by atoms with van der Waals surface area (Å²) in [6.45, 7) is 0. The van der Waals surface area contributed by atoms with Crippen LogP contribution in [0, 0.1) is 10.1 Å². The minimum atomic E-state index is -0.606. The van der Waals surface area contributed by atoms with Gasteiger partial charge in [0.2, 0.25) is 6.33 Å². The fourth-order valence-corrected chi connectivity index (χ4v) is 2.60. The standard InChI is InChI=1S/C15H12N4O4S/c1-18-9-16-13(19(21)22)15(18)23-12-4-2-11(3-5-12)17-14(20)10-6-7-24-8-10/h2-9H,1H3,(H,17,20). The summed E-state index contributed by atoms with van der Waals surface area (Å²) in [6.07, 6.45) is 1.31. The number of anilines is 1. The summed E-state index contributed by atoms with van der Waals surface area (Å²) in [6, 6.07) is 8.27. The average Bonchev–Trinajstić information content (AvgIpc) is 3.20. The minimum Gasteiger partial charge on any atom is -0.434 e. The predicted molar refractivity (Wildman–Crippen MR) is 88.7 cm³/mol. The van der Waals surface area contributed by atoms with Crippen LogP contribution in [0.25, 0.3) is 0 Å². The predicted octanol–water partition coefficient (Wildman–Crippen LogP) is 3.43. The first kappa shape index (κ1) is 15.7. The van der Waals surface area contributed by atoms with Gasteiger partial charge >= 0.3 is 11.7 Å². The highest BCUT2D eigenvalue weighted by molar-refractivity contribution is 7.08. The molecule has 3 aromatic rings. The summed E-state index contributed by atoms with van der Waals surface area (Å²) in [7, 11) is 1.60. The number of hydrogen-bond acceptors (Lipinski definition) is 6. The van der Waals surface area contributed by atoms with Crippen LogP contribution in [-0.4, -0.2) is 20.4 Å². The lowest BCUT2D eigenvalue weighted by atomic mass is 10.2. The molecule has 8 nitrogen and oxygen atoms in total. The Labute approximate surface area is 140 Å². The lowest BCUT2D eigenvalue weighted by Crippen LogP contribution is -2.10. The van der Waals surface area contributed by atoms with E-state index >= 15 is 0 Å². The summed E-state index contributed by atoms with van der Waals surface area (Å²) in [5.74, 6) is -0.121. The quantitative estimate of drug-likeness (QED) is 0.564. The Bertz CT molecular complexity index is 872. The maximum atomic E-state index is 12.0. The van der Waals surface area contributed by atoms with Gasteiger partial charge in [-0.2, -0.15) is 11.3 Å². The molecule has 0 saturated heterocycles. The number of nitrogens with one attached hydrogen (secondary N) is 1. The van der Waals surface area contributed by atoms with Crippen molar-refractivity contribution in [2.24, 2.45) is 7.05 Å². The second kappa shape index (κ2) is 6.50. The number of nitro groups is 1. The largest absolute Gasteiger partial charge is 0.434 e. The fourth-order valence-electron chi connectivity index (χ4n) is 1.96. The minimum absolute atomic E-state index is 0.0371. The van der Waals surface area contributed by atoms with Gasteiger partial charge in [0.25, 0.3) is 5.91 Å². The van der Waals surface area contributed by atoms with Gasteiger partial charge in [-0.15, -0.1) is 0 Å². The number of aryl methyl sites for hydroxylation is 1. The normalized spacial score (nSPS) is 10.4. The van der Waals surface area contributed by atoms with Crippen LogP contribution in [-0.2, 0) is 7.05 Å². The monoisotopic (exact) mass is 344 g/mol. The zero-order chi connectivity index (χ0) is 17.1. The molecular weight excluding hydrogens is 332 g/mol. The molecule has 3 rings (SSSR count). The Morgan fingerprint density at radius 1 is 1.33 bits per heavy atom. The Kier molecular flexibility index (Phi) is 4.25. The van der Waals surface area contributed by atoms with E-state index in [1.807, 2.05) is 5.38 Å². The highest BCUT2D eigenvalue weighted by Crippen LogP contribution is 2.30. The van der Waals surface area contributed by atoms with Crippen molar-refractivity contribution >= 4 is 28.7 Å². The van der Waals surface area contributed by atoms with Crippen molar-refractivity contribution in [1.82, 2.24) is 9.55 Å². The van der Waals surface area contributed by atoms with E-state index in [0.717, 1.165) is 0 Å². The number of ether oxygens (including phenoxy) is 1. The molecule has 0 aliphatic carbocycles. The molecule has 1 aromatic carbocycles. The smallest absolute Gasteiger partial charge is 0.427 e. The van der Waals surface area contributed by atoms with Gasteiger partial charge in [-0.05, 0) is 45.6 Å². The van der Waals surface area contributed by atoms with Crippen LogP contribution < -0.4 is 10.1 Å². The molecule has 1 amide bonds. The molecule has 0 aliphatic rings. The molecule has 0 unspecified atom stereocenters. The molecule has 0 bridgehead atoms. The molecule has 0 saturated carbocycles. The molecule has 24 heavy (non-hydrogen) atoms. The first-order valence-electron chi connectivity index (χ1n) is 6.82. The summed E-state index contributed by atoms with van der Waals surface area (Å²) in [4.78, 5) is 25.9. The second-order valence-electron chi connectivity index (χ2n) is 4.83. The molecule has 9 heteroatoms. The molecule has 0 atom stereocenters. The molecular formula is C15H12N4O4S. The topological polar surface area (TPSA) is 99.3 Å². The first-order chi connectivity index (χ1) is 11.5. The number of carbonyl (C=O) groups is 1. The van der Waals surface area contributed by atoms with E-state index in [1.54, 1.807) is 42.8 Å². The van der Waals surface area contributed by atoms with Gasteiger partial charge in [0, 0.05) is 18.1 Å². The summed E-state index contributed by atoms with van der Waals surface area (Å²) in [5.41, 5.74) is 1.18. The van der Waals surface area contributed by atoms with Crippen molar-refractivity contribution in [3.05, 3.63) is 63.1 Å². The third-order valence-corrected chi connectivity index (χ3v) is 3.83. The zero-order valence-corrected chi connectivity index (χ0v) is 13.3. The molecule has 2 aromatic heterocycles. The van der Waals surface area contributed by atoms with E-state index in [4.69, 9.17) is 4.74 Å². The van der Waals surface area contributed by atoms with Crippen LogP contribution in [0.5, 0.6) is 11.6 Å². The molecule has 0 fully saturated rings. The van der Waals surface area contributed by atoms with Crippen LogP contribution in [0.15, 0.2) is 47.4 Å². The van der Waals surface area contributed by atoms with Crippen LogP contribution in [0.3, 0.4) is 0 Å². The molecule has 0 spiro atoms. The SMILES string of the molecule is Cn1cnc([N+](=O)[O-])c1Oc1ccc(NC(=O)c2ccsc2)cc1. The number of thiophene rings is 1. The van der Waals surface area contributed by atoms with E-state index in [9.17, 15) is 14.9 Å². The van der Waals surface area contributed by atoms with Gasteiger partial charge in [0.1, 0.15) is 5.75 Å². The Hall–Kier alpha value is -3.20. The zero-order valence-electron chi connectivity index (χ0n) is 12.5. The number of hydrogen-bond donors (Lipinski definition) is 1. The van der Waals surface area contributed by atoms with Gasteiger partial charge in [0.05, 0.1) is 5.56 Å². The summed E-state index contributed by atoms with van der Waals surface area (Å²) in [5, 5.41) is 17.3. The number of nitrogens with zero attached hydrogens (tertiary/aromatic N) is 3. The highest BCUT2D eigenvalue weighted by Gasteiger charge is 2.22. The molecule has 122 valence electrons. The number of rotatable bonds is 5. The highest BCUT2D eigenvalue weighted by atomic mass is 32.1. The summed E-state index contributed by atoms with van der Waals surface area (Å²) >= 11 is 1.44. The fraction of sp³-hybridized carbons (Fsp3) is 0.0667. The number of amides is 1. The van der Waals surface area contributed by atoms with Crippen molar-refractivity contribution in [3.8, 4) is 11.6 Å². The van der Waals surface area contributed by atoms with Crippen LogP contribution in [0.2, 0.25) is 0 Å². The second-order valence-corrected chi connectivity index (χ2v) is 5.61. The van der Waals surface area contributed by atoms with Gasteiger partial charge in [-0.1, -0.05) is 0 Å². The number of aromatic nitrogens is 2. The Morgan fingerprint density at radius 3 is 2.71 bits per heavy atom. The van der Waals surface area contributed by atoms with Crippen LogP contribution in [0.4, 0.5) is 11.5 Å². The van der Waals surface area contributed by atoms with Crippen molar-refractivity contribution < 1.29 is 14.5 Å². The number of benzene rings is 1. The van der Waals surface area contributed by atoms with E-state index in [-0.39, 0.29) is 17.6 Å². The van der Waals surface area contributed by atoms with Crippen molar-refractivity contribution in [3.63, 3.8) is 0 Å². The van der Waals surface area contributed by atoms with E-state index < -0.39 is 4.92 Å². The van der Waals surface area contributed by atoms with E-state index in [1.165, 1.54) is 22.2 Å². The first-order valence-corrected chi connectivity index (χ1v) is 7.76. The maximum absolute atomic E-state index is 12.0. The van der Waals surface area contributed by atoms with E-state index in [2.05, 4.69) is 10.3 Å². The lowest BCUT2D eigenvalue weighted by Gasteiger charge is -2.07. The maximum Gasteiger partial charge on any atom is 0.427 e. The molecule has 0 aliphatic heterocycles. The average molecular weight is 344 g/mol. The van der Waals surface area contributed by atoms with Crippen molar-refractivity contribution in [2.75, 3.05) is 5.32 Å². The summed E-state index contributed by atoms with van der Waals surface area (Å²) < 4.78 is 6.94. The molecule has 0 radical (unpaired) electrons. The number of imidazole rings is 1.